The normalized spacial score (nSPS) is 23.3. The Bertz CT molecular complexity index is 1820. The second-order valence-corrected chi connectivity index (χ2v) is 11.5. The van der Waals surface area contributed by atoms with E-state index in [0.29, 0.717) is 27.6 Å². The fourth-order valence-electron chi connectivity index (χ4n) is 6.95. The molecule has 0 aromatic heterocycles. The van der Waals surface area contributed by atoms with Crippen LogP contribution in [0.2, 0.25) is 10.0 Å². The molecule has 0 bridgehead atoms. The number of fused-ring (bicyclic) bond motifs is 6. The number of para-hydroxylation sites is 1. The number of nitrogens with one attached hydrogen (secondary N) is 1. The van der Waals surface area contributed by atoms with E-state index in [4.69, 9.17) is 27.9 Å². The first kappa shape index (κ1) is 26.5. The molecule has 0 radical (unpaired) electrons. The SMILES string of the molecule is COc1ccc(C(=O)[C@H]2[C@@H](C(=O)c3ccc(Cl)cc3Cl)N3C=Cc4ccccc4[C@@H]3[C@]23C(=O)Nc2ccccc23)cc1. The number of hydrogen-bond donors (Lipinski definition) is 1. The molecule has 1 amide bonds. The minimum absolute atomic E-state index is 0.179. The number of rotatable bonds is 5. The molecule has 0 saturated carbocycles. The maximum atomic E-state index is 14.8. The summed E-state index contributed by atoms with van der Waals surface area (Å²) < 4.78 is 5.32. The molecule has 3 aliphatic heterocycles. The van der Waals surface area contributed by atoms with Gasteiger partial charge in [0.15, 0.2) is 11.6 Å². The van der Waals surface area contributed by atoms with Gasteiger partial charge in [-0.15, -0.1) is 0 Å². The van der Waals surface area contributed by atoms with Crippen molar-refractivity contribution < 1.29 is 19.1 Å². The predicted molar refractivity (Wildman–Crippen MR) is 162 cm³/mol. The molecular weight excluding hydrogens is 571 g/mol. The van der Waals surface area contributed by atoms with Crippen molar-refractivity contribution in [3.63, 3.8) is 0 Å². The van der Waals surface area contributed by atoms with Crippen LogP contribution in [0.1, 0.15) is 43.4 Å². The molecule has 3 aliphatic rings. The number of halogens is 2. The van der Waals surface area contributed by atoms with Gasteiger partial charge < -0.3 is 15.0 Å². The van der Waals surface area contributed by atoms with Gasteiger partial charge >= 0.3 is 0 Å². The number of Topliss-reactive ketones (excluding diaryl/α,β-unsaturated/α-hetero) is 2. The molecule has 8 heteroatoms. The zero-order valence-corrected chi connectivity index (χ0v) is 23.9. The molecular formula is C34H24Cl2N2O4. The van der Waals surface area contributed by atoms with Crippen molar-refractivity contribution in [3.05, 3.63) is 135 Å². The molecule has 1 fully saturated rings. The first-order valence-corrected chi connectivity index (χ1v) is 14.2. The number of ether oxygens (including phenoxy) is 1. The average Bonchev–Trinajstić information content (AvgIpc) is 3.49. The van der Waals surface area contributed by atoms with E-state index in [1.54, 1.807) is 43.5 Å². The Morgan fingerprint density at radius 3 is 2.40 bits per heavy atom. The molecule has 1 N–H and O–H groups in total. The predicted octanol–water partition coefficient (Wildman–Crippen LogP) is 6.98. The highest BCUT2D eigenvalue weighted by Gasteiger charge is 2.70. The van der Waals surface area contributed by atoms with Gasteiger partial charge in [-0.25, -0.2) is 0 Å². The number of amides is 1. The Labute approximate surface area is 252 Å². The molecule has 6 nitrogen and oxygen atoms in total. The van der Waals surface area contributed by atoms with Crippen molar-refractivity contribution in [3.8, 4) is 5.75 Å². The molecule has 4 atom stereocenters. The zero-order chi connectivity index (χ0) is 29.2. The average molecular weight is 595 g/mol. The zero-order valence-electron chi connectivity index (χ0n) is 22.4. The largest absolute Gasteiger partial charge is 0.497 e. The Morgan fingerprint density at radius 1 is 0.905 bits per heavy atom. The standard InChI is InChI=1S/C34H24Cl2N2O4/c1-42-22-13-10-20(11-14-22)30(39)28-29(31(40)24-15-12-21(35)18-26(24)36)38-17-16-19-6-2-3-7-23(19)32(38)34(28)25-8-4-5-9-27(25)37-33(34)41/h2-18,28-29,32H,1H3,(H,37,41)/t28-,29+,32-,34-/m1/s1. The van der Waals surface area contributed by atoms with E-state index in [2.05, 4.69) is 5.32 Å². The van der Waals surface area contributed by atoms with Crippen molar-refractivity contribution >= 4 is 52.4 Å². The second-order valence-electron chi connectivity index (χ2n) is 10.7. The summed E-state index contributed by atoms with van der Waals surface area (Å²) in [5, 5.41) is 3.62. The highest BCUT2D eigenvalue weighted by molar-refractivity contribution is 6.37. The summed E-state index contributed by atoms with van der Waals surface area (Å²) in [7, 11) is 1.55. The number of carbonyl (C=O) groups excluding carboxylic acids is 3. The van der Waals surface area contributed by atoms with Crippen LogP contribution in [0.3, 0.4) is 0 Å². The lowest BCUT2D eigenvalue weighted by atomic mass is 9.62. The highest BCUT2D eigenvalue weighted by Crippen LogP contribution is 2.62. The number of nitrogens with zero attached hydrogens (tertiary/aromatic N) is 1. The van der Waals surface area contributed by atoms with Crippen LogP contribution in [-0.4, -0.2) is 35.5 Å². The Morgan fingerprint density at radius 2 is 1.64 bits per heavy atom. The third kappa shape index (κ3) is 3.68. The number of anilines is 1. The highest BCUT2D eigenvalue weighted by atomic mass is 35.5. The van der Waals surface area contributed by atoms with Gasteiger partial charge in [-0.2, -0.15) is 0 Å². The van der Waals surface area contributed by atoms with Crippen LogP contribution in [0.15, 0.2) is 97.2 Å². The van der Waals surface area contributed by atoms with Gasteiger partial charge in [0.05, 0.1) is 24.1 Å². The summed E-state index contributed by atoms with van der Waals surface area (Å²) in [5.41, 5.74) is 2.26. The molecule has 7 rings (SSSR count). The van der Waals surface area contributed by atoms with Crippen LogP contribution in [-0.2, 0) is 10.2 Å². The molecule has 4 aromatic carbocycles. The second kappa shape index (κ2) is 9.86. The molecule has 0 unspecified atom stereocenters. The number of carbonyl (C=O) groups is 3. The molecule has 3 heterocycles. The molecule has 1 saturated heterocycles. The number of ketones is 2. The van der Waals surface area contributed by atoms with E-state index in [-0.39, 0.29) is 28.1 Å². The van der Waals surface area contributed by atoms with Crippen molar-refractivity contribution in [2.75, 3.05) is 12.4 Å². The van der Waals surface area contributed by atoms with Gasteiger partial charge in [-0.3, -0.25) is 14.4 Å². The summed E-state index contributed by atoms with van der Waals surface area (Å²) in [5.74, 6) is -1.53. The van der Waals surface area contributed by atoms with Crippen LogP contribution in [0.25, 0.3) is 6.08 Å². The van der Waals surface area contributed by atoms with Crippen LogP contribution >= 0.6 is 23.2 Å². The monoisotopic (exact) mass is 594 g/mol. The molecule has 0 aliphatic carbocycles. The van der Waals surface area contributed by atoms with E-state index >= 15 is 0 Å². The Balaban J connectivity index is 1.53. The van der Waals surface area contributed by atoms with Crippen LogP contribution in [0.4, 0.5) is 5.69 Å². The lowest BCUT2D eigenvalue weighted by Crippen LogP contribution is -2.49. The minimum atomic E-state index is -1.42. The van der Waals surface area contributed by atoms with Gasteiger partial charge in [0.2, 0.25) is 5.91 Å². The summed E-state index contributed by atoms with van der Waals surface area (Å²) in [4.78, 5) is 45.8. The third-order valence-electron chi connectivity index (χ3n) is 8.69. The van der Waals surface area contributed by atoms with Gasteiger partial charge in [0.25, 0.3) is 0 Å². The van der Waals surface area contributed by atoms with E-state index < -0.39 is 23.4 Å². The van der Waals surface area contributed by atoms with Crippen LogP contribution < -0.4 is 10.1 Å². The van der Waals surface area contributed by atoms with Crippen molar-refractivity contribution in [1.82, 2.24) is 4.90 Å². The Kier molecular flexibility index (Phi) is 6.22. The number of benzene rings is 4. The molecule has 1 spiro atoms. The van der Waals surface area contributed by atoms with Crippen molar-refractivity contribution in [2.45, 2.75) is 17.5 Å². The van der Waals surface area contributed by atoms with E-state index in [9.17, 15) is 14.4 Å². The lowest BCUT2D eigenvalue weighted by Gasteiger charge is -2.38. The first-order chi connectivity index (χ1) is 20.4. The summed E-state index contributed by atoms with van der Waals surface area (Å²) in [6.07, 6.45) is 3.75. The summed E-state index contributed by atoms with van der Waals surface area (Å²) in [6.45, 7) is 0. The molecule has 4 aromatic rings. The lowest BCUT2D eigenvalue weighted by molar-refractivity contribution is -0.122. The third-order valence-corrected chi connectivity index (χ3v) is 9.24. The quantitative estimate of drug-likeness (QED) is 0.252. The fourth-order valence-corrected chi connectivity index (χ4v) is 7.45. The van der Waals surface area contributed by atoms with Gasteiger partial charge in [-0.1, -0.05) is 65.7 Å². The fraction of sp³-hybridized carbons (Fsp3) is 0.147. The van der Waals surface area contributed by atoms with Gasteiger partial charge in [-0.05, 0) is 71.3 Å². The summed E-state index contributed by atoms with van der Waals surface area (Å²) in [6, 6.07) is 24.9. The van der Waals surface area contributed by atoms with E-state index in [1.807, 2.05) is 65.7 Å². The maximum Gasteiger partial charge on any atom is 0.238 e. The topological polar surface area (TPSA) is 75.7 Å². The molecule has 42 heavy (non-hydrogen) atoms. The van der Waals surface area contributed by atoms with Gasteiger partial charge in [0.1, 0.15) is 17.2 Å². The Hall–Kier alpha value is -4.39. The van der Waals surface area contributed by atoms with Crippen LogP contribution in [0.5, 0.6) is 5.75 Å². The van der Waals surface area contributed by atoms with Crippen molar-refractivity contribution in [1.29, 1.82) is 0 Å². The smallest absolute Gasteiger partial charge is 0.238 e. The number of methoxy groups -OCH3 is 1. The maximum absolute atomic E-state index is 14.8. The first-order valence-electron chi connectivity index (χ1n) is 13.5. The van der Waals surface area contributed by atoms with Crippen molar-refractivity contribution in [2.24, 2.45) is 5.92 Å². The number of hydrogen-bond acceptors (Lipinski definition) is 5. The molecule has 208 valence electrons. The summed E-state index contributed by atoms with van der Waals surface area (Å²) >= 11 is 12.7. The van der Waals surface area contributed by atoms with Gasteiger partial charge in [0, 0.05) is 28.0 Å². The van der Waals surface area contributed by atoms with E-state index in [0.717, 1.165) is 11.1 Å². The minimum Gasteiger partial charge on any atom is -0.497 e. The van der Waals surface area contributed by atoms with Crippen LogP contribution in [0, 0.1) is 5.92 Å². The van der Waals surface area contributed by atoms with E-state index in [1.165, 1.54) is 6.07 Å².